The number of thioether (sulfide) groups is 1. The molecule has 0 aromatic heterocycles. The molecule has 1 N–H and O–H groups in total. The molecular weight excluding hydrogens is 451 g/mol. The van der Waals surface area contributed by atoms with Crippen molar-refractivity contribution in [2.45, 2.75) is 51.4 Å². The average molecular weight is 481 g/mol. The van der Waals surface area contributed by atoms with Gasteiger partial charge in [-0.25, -0.2) is 0 Å². The molecule has 0 radical (unpaired) electrons. The van der Waals surface area contributed by atoms with E-state index < -0.39 is 6.04 Å². The van der Waals surface area contributed by atoms with Crippen LogP contribution < -0.4 is 5.32 Å². The van der Waals surface area contributed by atoms with Crippen molar-refractivity contribution in [3.63, 3.8) is 0 Å². The number of unbranched alkanes of at least 4 members (excludes halogenated alkanes) is 1. The number of halogens is 2. The van der Waals surface area contributed by atoms with Crippen LogP contribution in [0.5, 0.6) is 0 Å². The van der Waals surface area contributed by atoms with Crippen LogP contribution in [0.25, 0.3) is 0 Å². The number of nitrogens with zero attached hydrogens (tertiary/aromatic N) is 1. The molecule has 2 rings (SSSR count). The largest absolute Gasteiger partial charge is 0.354 e. The van der Waals surface area contributed by atoms with Gasteiger partial charge in [-0.05, 0) is 42.2 Å². The fraction of sp³-hybridized carbons (Fsp3) is 0.417. The third-order valence-corrected chi connectivity index (χ3v) is 6.53. The van der Waals surface area contributed by atoms with E-state index in [-0.39, 0.29) is 17.6 Å². The minimum absolute atomic E-state index is 0.0728. The molecule has 7 heteroatoms. The maximum absolute atomic E-state index is 13.2. The van der Waals surface area contributed by atoms with Crippen molar-refractivity contribution in [1.29, 1.82) is 0 Å². The molecule has 2 aromatic rings. The zero-order chi connectivity index (χ0) is 22.6. The predicted molar refractivity (Wildman–Crippen MR) is 132 cm³/mol. The highest BCUT2D eigenvalue weighted by Gasteiger charge is 2.28. The second-order valence-corrected chi connectivity index (χ2v) is 9.13. The van der Waals surface area contributed by atoms with Crippen LogP contribution in [0.15, 0.2) is 48.5 Å². The molecule has 0 aliphatic heterocycles. The van der Waals surface area contributed by atoms with Crippen molar-refractivity contribution in [3.8, 4) is 0 Å². The summed E-state index contributed by atoms with van der Waals surface area (Å²) in [6.07, 6.45) is 2.45. The summed E-state index contributed by atoms with van der Waals surface area (Å²) < 4.78 is 0. The van der Waals surface area contributed by atoms with Crippen LogP contribution in [0.1, 0.15) is 44.2 Å². The fourth-order valence-electron chi connectivity index (χ4n) is 3.16. The van der Waals surface area contributed by atoms with E-state index in [0.717, 1.165) is 24.0 Å². The van der Waals surface area contributed by atoms with Gasteiger partial charge in [0.05, 0.1) is 5.75 Å². The molecule has 31 heavy (non-hydrogen) atoms. The van der Waals surface area contributed by atoms with Gasteiger partial charge in [0.1, 0.15) is 6.04 Å². The van der Waals surface area contributed by atoms with Crippen LogP contribution in [0.2, 0.25) is 10.0 Å². The van der Waals surface area contributed by atoms with Gasteiger partial charge in [0.2, 0.25) is 11.8 Å². The zero-order valence-corrected chi connectivity index (χ0v) is 20.4. The van der Waals surface area contributed by atoms with E-state index in [4.69, 9.17) is 23.2 Å². The van der Waals surface area contributed by atoms with Crippen molar-refractivity contribution >= 4 is 46.8 Å². The summed E-state index contributed by atoms with van der Waals surface area (Å²) >= 11 is 13.8. The molecule has 0 heterocycles. The third-order valence-electron chi connectivity index (χ3n) is 4.92. The smallest absolute Gasteiger partial charge is 0.242 e. The molecule has 0 aliphatic rings. The summed E-state index contributed by atoms with van der Waals surface area (Å²) in [7, 11) is 0. The summed E-state index contributed by atoms with van der Waals surface area (Å²) in [6.45, 7) is 4.93. The van der Waals surface area contributed by atoms with Crippen LogP contribution in [0.4, 0.5) is 0 Å². The molecule has 0 bridgehead atoms. The van der Waals surface area contributed by atoms with Gasteiger partial charge in [-0.1, -0.05) is 73.8 Å². The molecule has 0 fully saturated rings. The van der Waals surface area contributed by atoms with Gasteiger partial charge in [0, 0.05) is 28.9 Å². The van der Waals surface area contributed by atoms with Crippen LogP contribution in [0.3, 0.4) is 0 Å². The van der Waals surface area contributed by atoms with Gasteiger partial charge in [-0.15, -0.1) is 11.8 Å². The SMILES string of the molecule is CCCCNC(=O)[C@H](CC)N(Cc1ccccc1Cl)C(=O)CSCc1ccc(Cl)cc1. The predicted octanol–water partition coefficient (Wildman–Crippen LogP) is 5.95. The highest BCUT2D eigenvalue weighted by atomic mass is 35.5. The molecule has 2 aromatic carbocycles. The first-order chi connectivity index (χ1) is 15.0. The molecule has 0 unspecified atom stereocenters. The van der Waals surface area contributed by atoms with Gasteiger partial charge in [-0.3, -0.25) is 9.59 Å². The minimum atomic E-state index is -0.531. The Morgan fingerprint density at radius 3 is 2.42 bits per heavy atom. The highest BCUT2D eigenvalue weighted by molar-refractivity contribution is 7.99. The highest BCUT2D eigenvalue weighted by Crippen LogP contribution is 2.22. The fourth-order valence-corrected chi connectivity index (χ4v) is 4.35. The number of carbonyl (C=O) groups excluding carboxylic acids is 2. The van der Waals surface area contributed by atoms with Crippen molar-refractivity contribution in [1.82, 2.24) is 10.2 Å². The summed E-state index contributed by atoms with van der Waals surface area (Å²) in [5.74, 6) is 0.796. The summed E-state index contributed by atoms with van der Waals surface area (Å²) in [6, 6.07) is 14.5. The Kier molecular flexibility index (Phi) is 11.3. The maximum Gasteiger partial charge on any atom is 0.242 e. The van der Waals surface area contributed by atoms with E-state index in [9.17, 15) is 9.59 Å². The second-order valence-electron chi connectivity index (χ2n) is 7.30. The van der Waals surface area contributed by atoms with Crippen LogP contribution >= 0.6 is 35.0 Å². The number of hydrogen-bond donors (Lipinski definition) is 1. The lowest BCUT2D eigenvalue weighted by atomic mass is 10.1. The minimum Gasteiger partial charge on any atom is -0.354 e. The number of benzene rings is 2. The van der Waals surface area contributed by atoms with Crippen molar-refractivity contribution in [3.05, 3.63) is 69.7 Å². The standard InChI is InChI=1S/C24H30Cl2N2O2S/c1-3-5-14-27-24(30)22(4-2)28(15-19-8-6-7-9-21(19)26)23(29)17-31-16-18-10-12-20(25)13-11-18/h6-13,22H,3-5,14-17H2,1-2H3,(H,27,30)/t22-/m0/s1. The van der Waals surface area contributed by atoms with E-state index in [2.05, 4.69) is 12.2 Å². The monoisotopic (exact) mass is 480 g/mol. The summed E-state index contributed by atoms with van der Waals surface area (Å²) in [5.41, 5.74) is 1.93. The first-order valence-corrected chi connectivity index (χ1v) is 12.5. The van der Waals surface area contributed by atoms with Crippen LogP contribution in [-0.2, 0) is 21.9 Å². The Bertz CT molecular complexity index is 846. The van der Waals surface area contributed by atoms with Crippen molar-refractivity contribution < 1.29 is 9.59 Å². The average Bonchev–Trinajstić information content (AvgIpc) is 2.76. The lowest BCUT2D eigenvalue weighted by Gasteiger charge is -2.31. The molecule has 1 atom stereocenters. The normalized spacial score (nSPS) is 11.7. The van der Waals surface area contributed by atoms with Gasteiger partial charge >= 0.3 is 0 Å². The molecule has 0 saturated heterocycles. The lowest BCUT2D eigenvalue weighted by Crippen LogP contribution is -2.49. The lowest BCUT2D eigenvalue weighted by molar-refractivity contribution is -0.139. The van der Waals surface area contributed by atoms with E-state index in [1.807, 2.05) is 49.4 Å². The second kappa shape index (κ2) is 13.7. The first kappa shape index (κ1) is 25.6. The van der Waals surface area contributed by atoms with Crippen molar-refractivity contribution in [2.75, 3.05) is 12.3 Å². The Balaban J connectivity index is 2.10. The number of hydrogen-bond acceptors (Lipinski definition) is 3. The van der Waals surface area contributed by atoms with Gasteiger partial charge in [0.25, 0.3) is 0 Å². The van der Waals surface area contributed by atoms with Gasteiger partial charge in [0.15, 0.2) is 0 Å². The number of carbonyl (C=O) groups is 2. The van der Waals surface area contributed by atoms with E-state index in [0.29, 0.717) is 35.3 Å². The van der Waals surface area contributed by atoms with E-state index in [1.165, 1.54) is 11.8 Å². The number of nitrogens with one attached hydrogen (secondary N) is 1. The number of amides is 2. The summed E-state index contributed by atoms with van der Waals surface area (Å²) in [5, 5.41) is 4.26. The van der Waals surface area contributed by atoms with Crippen molar-refractivity contribution in [2.24, 2.45) is 0 Å². The van der Waals surface area contributed by atoms with Crippen LogP contribution in [-0.4, -0.2) is 35.1 Å². The topological polar surface area (TPSA) is 49.4 Å². The maximum atomic E-state index is 13.2. The molecule has 2 amide bonds. The third kappa shape index (κ3) is 8.40. The molecule has 0 saturated carbocycles. The Morgan fingerprint density at radius 2 is 1.77 bits per heavy atom. The van der Waals surface area contributed by atoms with Gasteiger partial charge < -0.3 is 10.2 Å². The molecular formula is C24H30Cl2N2O2S. The Hall–Kier alpha value is -1.69. The molecule has 0 spiro atoms. The zero-order valence-electron chi connectivity index (χ0n) is 18.1. The quantitative estimate of drug-likeness (QED) is 0.381. The Morgan fingerprint density at radius 1 is 1.06 bits per heavy atom. The van der Waals surface area contributed by atoms with E-state index in [1.54, 1.807) is 11.0 Å². The Labute approximate surface area is 199 Å². The first-order valence-electron chi connectivity index (χ1n) is 10.6. The summed E-state index contributed by atoms with van der Waals surface area (Å²) in [4.78, 5) is 27.7. The molecule has 4 nitrogen and oxygen atoms in total. The van der Waals surface area contributed by atoms with Crippen LogP contribution in [0, 0.1) is 0 Å². The molecule has 0 aliphatic carbocycles. The van der Waals surface area contributed by atoms with Gasteiger partial charge in [-0.2, -0.15) is 0 Å². The van der Waals surface area contributed by atoms with E-state index >= 15 is 0 Å². The number of rotatable bonds is 12. The molecule has 168 valence electrons.